The highest BCUT2D eigenvalue weighted by molar-refractivity contribution is 4.81. The van der Waals surface area contributed by atoms with E-state index in [9.17, 15) is 0 Å². The van der Waals surface area contributed by atoms with Crippen LogP contribution in [0.25, 0.3) is 0 Å². The second-order valence-electron chi connectivity index (χ2n) is 6.91. The predicted molar refractivity (Wildman–Crippen MR) is 84.3 cm³/mol. The molecule has 1 saturated heterocycles. The molecule has 2 fully saturated rings. The summed E-state index contributed by atoms with van der Waals surface area (Å²) in [5, 5.41) is 0. The molecule has 0 radical (unpaired) electrons. The Bertz CT molecular complexity index is 245. The number of nitrogens with two attached hydrogens (primary N) is 1. The lowest BCUT2D eigenvalue weighted by Crippen LogP contribution is -2.42. The van der Waals surface area contributed by atoms with Gasteiger partial charge < -0.3 is 4.74 Å². The highest BCUT2D eigenvalue weighted by Crippen LogP contribution is 2.34. The van der Waals surface area contributed by atoms with Crippen LogP contribution in [0.15, 0.2) is 0 Å². The summed E-state index contributed by atoms with van der Waals surface area (Å²) in [6.07, 6.45) is 15.1. The van der Waals surface area contributed by atoms with Crippen molar-refractivity contribution in [2.75, 3.05) is 6.61 Å². The van der Waals surface area contributed by atoms with Crippen LogP contribution in [0.2, 0.25) is 0 Å². The molecule has 1 heterocycles. The number of hydrogen-bond donors (Lipinski definition) is 2. The van der Waals surface area contributed by atoms with Gasteiger partial charge >= 0.3 is 0 Å². The van der Waals surface area contributed by atoms with Gasteiger partial charge in [-0.2, -0.15) is 0 Å². The molecule has 3 heteroatoms. The van der Waals surface area contributed by atoms with Gasteiger partial charge in [0.15, 0.2) is 0 Å². The Morgan fingerprint density at radius 3 is 2.55 bits per heavy atom. The maximum atomic E-state index is 5.81. The van der Waals surface area contributed by atoms with Gasteiger partial charge in [0.05, 0.1) is 6.10 Å². The SMILES string of the molecule is CCCC1CCC(C(CCCC2CCCO2)NN)CC1. The maximum absolute atomic E-state index is 5.81. The molecule has 1 saturated carbocycles. The Kier molecular flexibility index (Phi) is 7.32. The average Bonchev–Trinajstić information content (AvgIpc) is 2.98. The second kappa shape index (κ2) is 9.01. The third-order valence-corrected chi connectivity index (χ3v) is 5.44. The van der Waals surface area contributed by atoms with Crippen LogP contribution in [0.5, 0.6) is 0 Å². The summed E-state index contributed by atoms with van der Waals surface area (Å²) < 4.78 is 5.70. The van der Waals surface area contributed by atoms with Crippen LogP contribution >= 0.6 is 0 Å². The van der Waals surface area contributed by atoms with E-state index < -0.39 is 0 Å². The highest BCUT2D eigenvalue weighted by atomic mass is 16.5. The third-order valence-electron chi connectivity index (χ3n) is 5.44. The van der Waals surface area contributed by atoms with Crippen molar-refractivity contribution < 1.29 is 4.74 Å². The Labute approximate surface area is 125 Å². The molecule has 2 atom stereocenters. The lowest BCUT2D eigenvalue weighted by atomic mass is 9.76. The summed E-state index contributed by atoms with van der Waals surface area (Å²) in [6.45, 7) is 3.28. The van der Waals surface area contributed by atoms with Crippen molar-refractivity contribution in [2.45, 2.75) is 89.7 Å². The molecule has 20 heavy (non-hydrogen) atoms. The summed E-state index contributed by atoms with van der Waals surface area (Å²) in [5.74, 6) is 7.60. The fourth-order valence-corrected chi connectivity index (χ4v) is 4.18. The normalized spacial score (nSPS) is 32.4. The molecular formula is C17H34N2O. The molecule has 1 aliphatic heterocycles. The van der Waals surface area contributed by atoms with E-state index in [0.717, 1.165) is 18.4 Å². The van der Waals surface area contributed by atoms with Crippen LogP contribution in [0.4, 0.5) is 0 Å². The summed E-state index contributed by atoms with van der Waals surface area (Å²) in [4.78, 5) is 0. The zero-order chi connectivity index (χ0) is 14.2. The standard InChI is InChI=1S/C17H34N2O/c1-2-5-14-9-11-15(12-10-14)17(19-18)8-3-6-16-7-4-13-20-16/h14-17,19H,2-13,18H2,1H3. The molecule has 0 aromatic heterocycles. The first-order valence-electron chi connectivity index (χ1n) is 8.91. The first kappa shape index (κ1) is 16.3. The zero-order valence-corrected chi connectivity index (χ0v) is 13.3. The molecule has 118 valence electrons. The van der Waals surface area contributed by atoms with E-state index in [1.54, 1.807) is 0 Å². The van der Waals surface area contributed by atoms with Crippen molar-refractivity contribution in [1.29, 1.82) is 0 Å². The first-order valence-corrected chi connectivity index (χ1v) is 8.91. The highest BCUT2D eigenvalue weighted by Gasteiger charge is 2.26. The molecule has 1 aliphatic carbocycles. The molecule has 0 bridgehead atoms. The van der Waals surface area contributed by atoms with E-state index in [1.807, 2.05) is 0 Å². The average molecular weight is 282 g/mol. The molecule has 0 aromatic rings. The number of hydrogen-bond acceptors (Lipinski definition) is 3. The number of rotatable bonds is 8. The van der Waals surface area contributed by atoms with Crippen molar-refractivity contribution >= 4 is 0 Å². The van der Waals surface area contributed by atoms with E-state index in [4.69, 9.17) is 10.6 Å². The number of hydrazine groups is 1. The van der Waals surface area contributed by atoms with Gasteiger partial charge in [-0.3, -0.25) is 11.3 Å². The minimum atomic E-state index is 0.527. The fraction of sp³-hybridized carbons (Fsp3) is 1.00. The maximum Gasteiger partial charge on any atom is 0.0576 e. The number of nitrogens with one attached hydrogen (secondary N) is 1. The Hall–Kier alpha value is -0.120. The fourth-order valence-electron chi connectivity index (χ4n) is 4.18. The minimum Gasteiger partial charge on any atom is -0.378 e. The number of ether oxygens (including phenoxy) is 1. The Morgan fingerprint density at radius 1 is 1.15 bits per heavy atom. The van der Waals surface area contributed by atoms with Crippen molar-refractivity contribution in [3.05, 3.63) is 0 Å². The Morgan fingerprint density at radius 2 is 1.95 bits per heavy atom. The van der Waals surface area contributed by atoms with E-state index in [-0.39, 0.29) is 0 Å². The van der Waals surface area contributed by atoms with Gasteiger partial charge in [-0.15, -0.1) is 0 Å². The minimum absolute atomic E-state index is 0.527. The monoisotopic (exact) mass is 282 g/mol. The summed E-state index contributed by atoms with van der Waals surface area (Å²) in [5.41, 5.74) is 3.10. The molecule has 0 spiro atoms. The molecule has 2 rings (SSSR count). The van der Waals surface area contributed by atoms with Crippen LogP contribution in [-0.2, 0) is 4.74 Å². The Balaban J connectivity index is 1.63. The van der Waals surface area contributed by atoms with Gasteiger partial charge in [-0.1, -0.05) is 32.6 Å². The summed E-state index contributed by atoms with van der Waals surface area (Å²) >= 11 is 0. The zero-order valence-electron chi connectivity index (χ0n) is 13.3. The lowest BCUT2D eigenvalue weighted by molar-refractivity contribution is 0.0994. The summed E-state index contributed by atoms with van der Waals surface area (Å²) in [6, 6.07) is 0.527. The molecule has 2 unspecified atom stereocenters. The van der Waals surface area contributed by atoms with E-state index in [1.165, 1.54) is 70.6 Å². The largest absolute Gasteiger partial charge is 0.378 e. The first-order chi connectivity index (χ1) is 9.83. The molecule has 0 amide bonds. The van der Waals surface area contributed by atoms with Gasteiger partial charge in [0, 0.05) is 12.6 Å². The van der Waals surface area contributed by atoms with Crippen LogP contribution in [-0.4, -0.2) is 18.8 Å². The second-order valence-corrected chi connectivity index (χ2v) is 6.91. The quantitative estimate of drug-likeness (QED) is 0.526. The van der Waals surface area contributed by atoms with E-state index >= 15 is 0 Å². The van der Waals surface area contributed by atoms with Crippen LogP contribution in [0.1, 0.15) is 77.6 Å². The van der Waals surface area contributed by atoms with Crippen LogP contribution in [0.3, 0.4) is 0 Å². The van der Waals surface area contributed by atoms with E-state index in [0.29, 0.717) is 12.1 Å². The third kappa shape index (κ3) is 5.01. The van der Waals surface area contributed by atoms with Gasteiger partial charge in [0.1, 0.15) is 0 Å². The molecule has 3 N–H and O–H groups in total. The van der Waals surface area contributed by atoms with Crippen molar-refractivity contribution in [3.8, 4) is 0 Å². The van der Waals surface area contributed by atoms with Gasteiger partial charge in [-0.05, 0) is 56.8 Å². The molecular weight excluding hydrogens is 248 g/mol. The van der Waals surface area contributed by atoms with Gasteiger partial charge in [0.25, 0.3) is 0 Å². The van der Waals surface area contributed by atoms with Gasteiger partial charge in [-0.25, -0.2) is 0 Å². The topological polar surface area (TPSA) is 47.3 Å². The van der Waals surface area contributed by atoms with Gasteiger partial charge in [0.2, 0.25) is 0 Å². The van der Waals surface area contributed by atoms with E-state index in [2.05, 4.69) is 12.3 Å². The predicted octanol–water partition coefficient (Wildman–Crippen LogP) is 3.77. The van der Waals surface area contributed by atoms with Crippen LogP contribution in [0, 0.1) is 11.8 Å². The molecule has 2 aliphatic rings. The van der Waals surface area contributed by atoms with Crippen molar-refractivity contribution in [1.82, 2.24) is 5.43 Å². The van der Waals surface area contributed by atoms with Crippen molar-refractivity contribution in [2.24, 2.45) is 17.7 Å². The van der Waals surface area contributed by atoms with Crippen LogP contribution < -0.4 is 11.3 Å². The lowest BCUT2D eigenvalue weighted by Gasteiger charge is -2.33. The molecule has 3 nitrogen and oxygen atoms in total. The van der Waals surface area contributed by atoms with Crippen molar-refractivity contribution in [3.63, 3.8) is 0 Å². The molecule has 0 aromatic carbocycles. The smallest absolute Gasteiger partial charge is 0.0576 e. The summed E-state index contributed by atoms with van der Waals surface area (Å²) in [7, 11) is 0.